The Hall–Kier alpha value is -3.86. The topological polar surface area (TPSA) is 64.2 Å². The largest absolute Gasteiger partial charge is 0.489 e. The summed E-state index contributed by atoms with van der Waals surface area (Å²) in [5.74, 6) is 2.64. The maximum Gasteiger partial charge on any atom is 0.163 e. The van der Waals surface area contributed by atoms with Crippen molar-refractivity contribution in [1.29, 1.82) is 0 Å². The zero-order valence-electron chi connectivity index (χ0n) is 21.4. The highest BCUT2D eigenvalue weighted by Gasteiger charge is 2.25. The van der Waals surface area contributed by atoms with Crippen molar-refractivity contribution in [1.82, 2.24) is 9.97 Å². The first-order valence-electron chi connectivity index (χ1n) is 13.3. The lowest BCUT2D eigenvalue weighted by Crippen LogP contribution is -2.18. The number of rotatable bonds is 11. The molecule has 190 valence electrons. The molecule has 0 saturated carbocycles. The van der Waals surface area contributed by atoms with E-state index in [1.54, 1.807) is 6.20 Å². The molecule has 0 saturated heterocycles. The second-order valence-electron chi connectivity index (χ2n) is 9.64. The number of nitrogens with one attached hydrogen (secondary N) is 1. The van der Waals surface area contributed by atoms with E-state index in [0.29, 0.717) is 19.4 Å². The molecule has 0 unspecified atom stereocenters. The quantitative estimate of drug-likeness (QED) is 0.239. The van der Waals surface area contributed by atoms with Crippen molar-refractivity contribution < 1.29 is 14.3 Å². The molecule has 1 atom stereocenters. The van der Waals surface area contributed by atoms with Crippen molar-refractivity contribution in [2.45, 2.75) is 64.6 Å². The summed E-state index contributed by atoms with van der Waals surface area (Å²) < 4.78 is 13.0. The van der Waals surface area contributed by atoms with Gasteiger partial charge in [-0.2, -0.15) is 0 Å². The fourth-order valence-corrected chi connectivity index (χ4v) is 4.97. The summed E-state index contributed by atoms with van der Waals surface area (Å²) in [6.45, 7) is 2.56. The summed E-state index contributed by atoms with van der Waals surface area (Å²) in [6, 6.07) is 22.4. The van der Waals surface area contributed by atoms with Crippen LogP contribution in [0.4, 0.5) is 0 Å². The molecule has 5 nitrogen and oxygen atoms in total. The molecule has 0 amide bonds. The molecule has 0 bridgehead atoms. The van der Waals surface area contributed by atoms with Crippen molar-refractivity contribution in [2.75, 3.05) is 0 Å². The summed E-state index contributed by atoms with van der Waals surface area (Å²) in [4.78, 5) is 20.3. The van der Waals surface area contributed by atoms with Crippen LogP contribution in [0.5, 0.6) is 11.5 Å². The lowest BCUT2D eigenvalue weighted by molar-refractivity contribution is 0.0971. The van der Waals surface area contributed by atoms with Crippen LogP contribution in [0.15, 0.2) is 79.1 Å². The van der Waals surface area contributed by atoms with Crippen LogP contribution >= 0.6 is 0 Å². The number of Topliss-reactive ketones (excluding diaryl/α,β-unsaturated/α-hetero) is 1. The van der Waals surface area contributed by atoms with E-state index >= 15 is 0 Å². The third kappa shape index (κ3) is 6.11. The van der Waals surface area contributed by atoms with E-state index in [1.165, 1.54) is 18.4 Å². The van der Waals surface area contributed by atoms with Gasteiger partial charge in [0.15, 0.2) is 5.78 Å². The average Bonchev–Trinajstić information content (AvgIpc) is 3.45. The Balaban J connectivity index is 1.43. The maximum absolute atomic E-state index is 12.7. The summed E-state index contributed by atoms with van der Waals surface area (Å²) >= 11 is 0. The number of imidazole rings is 1. The first-order valence-corrected chi connectivity index (χ1v) is 13.3. The van der Waals surface area contributed by atoms with E-state index in [0.717, 1.165) is 58.8 Å². The molecule has 1 heterocycles. The van der Waals surface area contributed by atoms with Gasteiger partial charge in [0.25, 0.3) is 0 Å². The molecule has 1 aliphatic carbocycles. The standard InChI is InChI=1S/C32H34N2O3/c1-2-3-8-23-13-15-25(16-14-23)36-22-28-26-11-7-12-29(35)27(26)17-18-30(28)37-31(21-32-33-19-20-34-32)24-9-5-4-6-10-24/h4-6,9-10,13-20,31H,2-3,7-8,11-12,21-22H2,1H3,(H,33,34)/t31-/m0/s1. The number of benzene rings is 3. The monoisotopic (exact) mass is 494 g/mol. The van der Waals surface area contributed by atoms with Crippen LogP contribution in [-0.4, -0.2) is 15.8 Å². The number of H-pyrrole nitrogens is 1. The number of hydrogen-bond donors (Lipinski definition) is 1. The summed E-state index contributed by atoms with van der Waals surface area (Å²) in [5.41, 5.74) is 5.21. The van der Waals surface area contributed by atoms with E-state index in [2.05, 4.69) is 41.2 Å². The number of ketones is 1. The fourth-order valence-electron chi connectivity index (χ4n) is 4.97. The number of fused-ring (bicyclic) bond motifs is 1. The molecule has 4 aromatic rings. The number of carbonyl (C=O) groups excluding carboxylic acids is 1. The molecule has 0 radical (unpaired) electrons. The lowest BCUT2D eigenvalue weighted by atomic mass is 9.87. The number of unbranched alkanes of at least 4 members (excludes halogenated alkanes) is 1. The van der Waals surface area contributed by atoms with Gasteiger partial charge in [-0.1, -0.05) is 55.8 Å². The number of aromatic amines is 1. The third-order valence-corrected chi connectivity index (χ3v) is 7.02. The van der Waals surface area contributed by atoms with E-state index in [9.17, 15) is 4.79 Å². The third-order valence-electron chi connectivity index (χ3n) is 7.02. The first-order chi connectivity index (χ1) is 18.2. The number of aromatic nitrogens is 2. The average molecular weight is 495 g/mol. The van der Waals surface area contributed by atoms with Crippen LogP contribution in [0.3, 0.4) is 0 Å². The SMILES string of the molecule is CCCCc1ccc(OCc2c(O[C@@H](Cc3ncc[nH]3)c3ccccc3)ccc3c2CCCC3=O)cc1. The lowest BCUT2D eigenvalue weighted by Gasteiger charge is -2.25. The Labute approximate surface area is 218 Å². The molecule has 0 aliphatic heterocycles. The molecule has 5 rings (SSSR count). The molecule has 5 heteroatoms. The van der Waals surface area contributed by atoms with Gasteiger partial charge in [0.05, 0.1) is 0 Å². The van der Waals surface area contributed by atoms with Crippen LogP contribution in [0.2, 0.25) is 0 Å². The van der Waals surface area contributed by atoms with Gasteiger partial charge < -0.3 is 14.5 Å². The number of hydrogen-bond acceptors (Lipinski definition) is 4. The van der Waals surface area contributed by atoms with E-state index in [-0.39, 0.29) is 11.9 Å². The van der Waals surface area contributed by atoms with Crippen molar-refractivity contribution in [3.8, 4) is 11.5 Å². The Morgan fingerprint density at radius 3 is 2.59 bits per heavy atom. The fraction of sp³-hybridized carbons (Fsp3) is 0.312. The second-order valence-corrected chi connectivity index (χ2v) is 9.64. The Morgan fingerprint density at radius 2 is 1.84 bits per heavy atom. The highest BCUT2D eigenvalue weighted by molar-refractivity contribution is 5.99. The normalized spacial score (nSPS) is 13.7. The van der Waals surface area contributed by atoms with E-state index in [4.69, 9.17) is 9.47 Å². The molecular weight excluding hydrogens is 460 g/mol. The second kappa shape index (κ2) is 11.9. The van der Waals surface area contributed by atoms with Crippen LogP contribution in [0.25, 0.3) is 0 Å². The molecule has 0 fully saturated rings. The predicted octanol–water partition coefficient (Wildman–Crippen LogP) is 7.21. The van der Waals surface area contributed by atoms with Gasteiger partial charge in [-0.05, 0) is 66.6 Å². The van der Waals surface area contributed by atoms with Gasteiger partial charge in [0, 0.05) is 36.4 Å². The van der Waals surface area contributed by atoms with Crippen LogP contribution < -0.4 is 9.47 Å². The van der Waals surface area contributed by atoms with Crippen LogP contribution in [0.1, 0.15) is 77.1 Å². The Morgan fingerprint density at radius 1 is 1.00 bits per heavy atom. The highest BCUT2D eigenvalue weighted by Crippen LogP contribution is 2.35. The summed E-state index contributed by atoms with van der Waals surface area (Å²) in [6.07, 6.45) is 9.70. The molecule has 3 aromatic carbocycles. The molecule has 0 spiro atoms. The molecule has 1 N–H and O–H groups in total. The number of ether oxygens (including phenoxy) is 2. The van der Waals surface area contributed by atoms with Crippen LogP contribution in [0, 0.1) is 0 Å². The number of nitrogens with zero attached hydrogens (tertiary/aromatic N) is 1. The molecular formula is C32H34N2O3. The van der Waals surface area contributed by atoms with Gasteiger partial charge in [-0.25, -0.2) is 4.98 Å². The predicted molar refractivity (Wildman–Crippen MR) is 145 cm³/mol. The smallest absolute Gasteiger partial charge is 0.163 e. The van der Waals surface area contributed by atoms with Gasteiger partial charge >= 0.3 is 0 Å². The van der Waals surface area contributed by atoms with Gasteiger partial charge in [0.1, 0.15) is 30.0 Å². The highest BCUT2D eigenvalue weighted by atomic mass is 16.5. The maximum atomic E-state index is 12.7. The van der Waals surface area contributed by atoms with Gasteiger partial charge in [-0.3, -0.25) is 4.79 Å². The minimum Gasteiger partial charge on any atom is -0.489 e. The van der Waals surface area contributed by atoms with E-state index < -0.39 is 0 Å². The molecule has 1 aliphatic rings. The summed E-state index contributed by atoms with van der Waals surface area (Å²) in [5, 5.41) is 0. The number of carbonyl (C=O) groups is 1. The zero-order valence-corrected chi connectivity index (χ0v) is 21.4. The minimum atomic E-state index is -0.235. The van der Waals surface area contributed by atoms with Crippen molar-refractivity contribution in [3.05, 3.63) is 113 Å². The van der Waals surface area contributed by atoms with Gasteiger partial charge in [0.2, 0.25) is 0 Å². The Bertz CT molecular complexity index is 1300. The van der Waals surface area contributed by atoms with Crippen molar-refractivity contribution in [3.63, 3.8) is 0 Å². The first kappa shape index (κ1) is 24.8. The van der Waals surface area contributed by atoms with Crippen LogP contribution in [-0.2, 0) is 25.9 Å². The molecule has 37 heavy (non-hydrogen) atoms. The van der Waals surface area contributed by atoms with Crippen molar-refractivity contribution in [2.24, 2.45) is 0 Å². The Kier molecular flexibility index (Phi) is 7.99. The van der Waals surface area contributed by atoms with Crippen molar-refractivity contribution >= 4 is 5.78 Å². The summed E-state index contributed by atoms with van der Waals surface area (Å²) in [7, 11) is 0. The zero-order chi connectivity index (χ0) is 25.5. The van der Waals surface area contributed by atoms with E-state index in [1.807, 2.05) is 48.7 Å². The number of aryl methyl sites for hydroxylation is 1. The molecule has 1 aromatic heterocycles. The minimum absolute atomic E-state index is 0.199. The van der Waals surface area contributed by atoms with Gasteiger partial charge in [-0.15, -0.1) is 0 Å².